The van der Waals surface area contributed by atoms with Crippen LogP contribution in [0.1, 0.15) is 63.1 Å². The van der Waals surface area contributed by atoms with E-state index in [0.29, 0.717) is 23.7 Å². The number of aliphatic imine (C=N–C) groups is 1. The van der Waals surface area contributed by atoms with Gasteiger partial charge in [0.1, 0.15) is 0 Å². The minimum Gasteiger partial charge on any atom is -0.349 e. The topological polar surface area (TPSA) is 66.5 Å². The van der Waals surface area contributed by atoms with Gasteiger partial charge in [0.25, 0.3) is 0 Å². The van der Waals surface area contributed by atoms with Gasteiger partial charge in [-0.3, -0.25) is 4.99 Å². The van der Waals surface area contributed by atoms with Crippen LogP contribution in [0.2, 0.25) is 0 Å². The van der Waals surface area contributed by atoms with E-state index < -0.39 is 0 Å². The van der Waals surface area contributed by atoms with E-state index >= 15 is 0 Å². The third-order valence-electron chi connectivity index (χ3n) is 5.31. The summed E-state index contributed by atoms with van der Waals surface area (Å²) in [6, 6.07) is 0. The number of aromatic nitrogens is 2. The van der Waals surface area contributed by atoms with E-state index in [-0.39, 0.29) is 24.0 Å². The molecule has 2 aliphatic rings. The molecule has 6 nitrogen and oxygen atoms in total. The van der Waals surface area contributed by atoms with Gasteiger partial charge in [-0.15, -0.1) is 24.0 Å². The summed E-state index contributed by atoms with van der Waals surface area (Å²) in [7, 11) is 1.86. The van der Waals surface area contributed by atoms with E-state index in [9.17, 15) is 0 Å². The molecule has 0 bridgehead atoms. The maximum absolute atomic E-state index is 5.03. The van der Waals surface area contributed by atoms with Crippen molar-refractivity contribution in [2.45, 2.75) is 64.8 Å². The van der Waals surface area contributed by atoms with Crippen molar-refractivity contribution in [2.24, 2.45) is 10.4 Å². The third-order valence-corrected chi connectivity index (χ3v) is 5.31. The fourth-order valence-corrected chi connectivity index (χ4v) is 4.18. The highest BCUT2D eigenvalue weighted by Gasteiger charge is 2.36. The van der Waals surface area contributed by atoms with Crippen LogP contribution in [-0.4, -0.2) is 41.1 Å². The number of hydrogen-bond donors (Lipinski definition) is 1. The highest BCUT2D eigenvalue weighted by Crippen LogP contribution is 2.42. The van der Waals surface area contributed by atoms with Crippen LogP contribution in [0.3, 0.4) is 0 Å². The molecule has 1 aromatic rings. The van der Waals surface area contributed by atoms with E-state index in [1.54, 1.807) is 0 Å². The minimum atomic E-state index is 0. The fourth-order valence-electron chi connectivity index (χ4n) is 4.18. The number of nitrogens with one attached hydrogen (secondary N) is 1. The minimum absolute atomic E-state index is 0. The Morgan fingerprint density at radius 2 is 1.92 bits per heavy atom. The van der Waals surface area contributed by atoms with Gasteiger partial charge in [0.05, 0.1) is 6.54 Å². The average Bonchev–Trinajstić information content (AvgIpc) is 2.84. The predicted octanol–water partition coefficient (Wildman–Crippen LogP) is 3.51. The van der Waals surface area contributed by atoms with Gasteiger partial charge in [-0.25, -0.2) is 0 Å². The lowest BCUT2D eigenvalue weighted by molar-refractivity contribution is 0.115. The third kappa shape index (κ3) is 4.83. The molecule has 0 aromatic carbocycles. The van der Waals surface area contributed by atoms with Gasteiger partial charge < -0.3 is 14.7 Å². The molecule has 0 radical (unpaired) electrons. The first-order chi connectivity index (χ1) is 11.2. The van der Waals surface area contributed by atoms with Gasteiger partial charge in [0, 0.05) is 27.1 Å². The molecule has 0 amide bonds. The molecule has 1 aromatic heterocycles. The molecule has 1 saturated carbocycles. The SMILES string of the molecule is CN=C(NCc1noc(C)n1)N1CCCC2(CCCCCC2)C1.I. The monoisotopic (exact) mass is 447 g/mol. The molecule has 1 aliphatic carbocycles. The van der Waals surface area contributed by atoms with Crippen LogP contribution in [0.25, 0.3) is 0 Å². The molecular formula is C17H30IN5O. The second-order valence-electron chi connectivity index (χ2n) is 7.07. The Morgan fingerprint density at radius 1 is 1.21 bits per heavy atom. The normalized spacial score (nSPS) is 21.2. The molecule has 0 atom stereocenters. The summed E-state index contributed by atoms with van der Waals surface area (Å²) in [6.07, 6.45) is 11.0. The highest BCUT2D eigenvalue weighted by atomic mass is 127. The summed E-state index contributed by atoms with van der Waals surface area (Å²) in [5.74, 6) is 2.26. The first kappa shape index (κ1) is 19.5. The molecule has 0 unspecified atom stereocenters. The average molecular weight is 447 g/mol. The Bertz CT molecular complexity index is 537. The first-order valence-corrected chi connectivity index (χ1v) is 8.96. The van der Waals surface area contributed by atoms with Gasteiger partial charge in [-0.2, -0.15) is 4.98 Å². The number of likely N-dealkylation sites (tertiary alicyclic amines) is 1. The molecule has 1 saturated heterocycles. The lowest BCUT2D eigenvalue weighted by Gasteiger charge is -2.44. The number of nitrogens with zero attached hydrogens (tertiary/aromatic N) is 4. The molecule has 7 heteroatoms. The van der Waals surface area contributed by atoms with Crippen LogP contribution in [-0.2, 0) is 6.54 Å². The lowest BCUT2D eigenvalue weighted by atomic mass is 9.74. The Labute approximate surface area is 161 Å². The number of piperidine rings is 1. The van der Waals surface area contributed by atoms with Crippen LogP contribution in [0, 0.1) is 12.3 Å². The molecule has 136 valence electrons. The number of rotatable bonds is 2. The van der Waals surface area contributed by atoms with Gasteiger partial charge >= 0.3 is 0 Å². The van der Waals surface area contributed by atoms with E-state index in [4.69, 9.17) is 4.52 Å². The summed E-state index contributed by atoms with van der Waals surface area (Å²) in [4.78, 5) is 11.2. The van der Waals surface area contributed by atoms with Gasteiger partial charge in [-0.1, -0.05) is 30.8 Å². The number of aryl methyl sites for hydroxylation is 1. The molecule has 24 heavy (non-hydrogen) atoms. The van der Waals surface area contributed by atoms with Crippen LogP contribution >= 0.6 is 24.0 Å². The van der Waals surface area contributed by atoms with Crippen molar-refractivity contribution >= 4 is 29.9 Å². The molecule has 2 heterocycles. The van der Waals surface area contributed by atoms with Crippen molar-refractivity contribution < 1.29 is 4.52 Å². The zero-order valence-corrected chi connectivity index (χ0v) is 17.2. The van der Waals surface area contributed by atoms with Crippen molar-refractivity contribution in [1.29, 1.82) is 0 Å². The molecule has 1 aliphatic heterocycles. The van der Waals surface area contributed by atoms with Crippen molar-refractivity contribution in [2.75, 3.05) is 20.1 Å². The van der Waals surface area contributed by atoms with E-state index in [1.807, 2.05) is 14.0 Å². The fraction of sp³-hybridized carbons (Fsp3) is 0.824. The van der Waals surface area contributed by atoms with E-state index in [1.165, 1.54) is 51.4 Å². The number of guanidine groups is 1. The second kappa shape index (κ2) is 9.01. The standard InChI is InChI=1S/C17H29N5O.HI/c1-14-20-15(21-23-14)12-19-16(18-2)22-11-7-10-17(13-22)8-5-3-4-6-9-17;/h3-13H2,1-2H3,(H,18,19);1H. The Balaban J connectivity index is 0.00000208. The van der Waals surface area contributed by atoms with Crippen LogP contribution < -0.4 is 5.32 Å². The van der Waals surface area contributed by atoms with Crippen LogP contribution in [0.5, 0.6) is 0 Å². The quantitative estimate of drug-likeness (QED) is 0.427. The Hall–Kier alpha value is -0.860. The molecule has 1 N–H and O–H groups in total. The van der Waals surface area contributed by atoms with Crippen molar-refractivity contribution in [1.82, 2.24) is 20.4 Å². The molecule has 2 fully saturated rings. The largest absolute Gasteiger partial charge is 0.349 e. The molecule has 1 spiro atoms. The van der Waals surface area contributed by atoms with Gasteiger partial charge in [0.2, 0.25) is 5.89 Å². The summed E-state index contributed by atoms with van der Waals surface area (Å²) < 4.78 is 5.03. The van der Waals surface area contributed by atoms with Crippen LogP contribution in [0.15, 0.2) is 9.52 Å². The van der Waals surface area contributed by atoms with Crippen molar-refractivity contribution in [3.05, 3.63) is 11.7 Å². The van der Waals surface area contributed by atoms with Crippen molar-refractivity contribution in [3.8, 4) is 0 Å². The maximum Gasteiger partial charge on any atom is 0.223 e. The molecule has 3 rings (SSSR count). The Morgan fingerprint density at radius 3 is 2.54 bits per heavy atom. The zero-order chi connectivity index (χ0) is 16.1. The van der Waals surface area contributed by atoms with Gasteiger partial charge in [-0.05, 0) is 31.1 Å². The summed E-state index contributed by atoms with van der Waals surface area (Å²) >= 11 is 0. The number of halogens is 1. The lowest BCUT2D eigenvalue weighted by Crippen LogP contribution is -2.50. The smallest absolute Gasteiger partial charge is 0.223 e. The van der Waals surface area contributed by atoms with E-state index in [2.05, 4.69) is 25.3 Å². The molecular weight excluding hydrogens is 417 g/mol. The predicted molar refractivity (Wildman–Crippen MR) is 106 cm³/mol. The summed E-state index contributed by atoms with van der Waals surface area (Å²) in [5, 5.41) is 7.34. The van der Waals surface area contributed by atoms with Crippen molar-refractivity contribution in [3.63, 3.8) is 0 Å². The summed E-state index contributed by atoms with van der Waals surface area (Å²) in [6.45, 7) is 4.60. The maximum atomic E-state index is 5.03. The first-order valence-electron chi connectivity index (χ1n) is 8.96. The number of hydrogen-bond acceptors (Lipinski definition) is 4. The summed E-state index contributed by atoms with van der Waals surface area (Å²) in [5.41, 5.74) is 0.509. The second-order valence-corrected chi connectivity index (χ2v) is 7.07. The van der Waals surface area contributed by atoms with Crippen LogP contribution in [0.4, 0.5) is 0 Å². The van der Waals surface area contributed by atoms with E-state index in [0.717, 1.165) is 19.0 Å². The van der Waals surface area contributed by atoms with Gasteiger partial charge in [0.15, 0.2) is 11.8 Å². The highest BCUT2D eigenvalue weighted by molar-refractivity contribution is 14.0. The Kier molecular flexibility index (Phi) is 7.31. The zero-order valence-electron chi connectivity index (χ0n) is 14.9.